The van der Waals surface area contributed by atoms with E-state index in [1.54, 1.807) is 18.2 Å². The number of benzene rings is 1. The summed E-state index contributed by atoms with van der Waals surface area (Å²) in [6, 6.07) is 9.02. The molecule has 9 heteroatoms. The lowest BCUT2D eigenvalue weighted by molar-refractivity contribution is -0.133. The summed E-state index contributed by atoms with van der Waals surface area (Å²) in [5, 5.41) is 0. The lowest BCUT2D eigenvalue weighted by Crippen LogP contribution is -2.42. The van der Waals surface area contributed by atoms with E-state index in [1.165, 1.54) is 16.8 Å². The van der Waals surface area contributed by atoms with Gasteiger partial charge in [0.15, 0.2) is 5.89 Å². The van der Waals surface area contributed by atoms with Gasteiger partial charge in [-0.25, -0.2) is 9.78 Å². The number of piperidine rings is 1. The monoisotopic (exact) mass is 424 g/mol. The molecule has 1 aromatic carbocycles. The van der Waals surface area contributed by atoms with Crippen LogP contribution in [0.2, 0.25) is 0 Å². The first kappa shape index (κ1) is 20.6. The summed E-state index contributed by atoms with van der Waals surface area (Å²) in [6.07, 6.45) is 5.37. The van der Waals surface area contributed by atoms with Gasteiger partial charge in [-0.2, -0.15) is 0 Å². The van der Waals surface area contributed by atoms with E-state index in [2.05, 4.69) is 9.97 Å². The topological polar surface area (TPSA) is 110 Å². The van der Waals surface area contributed by atoms with Gasteiger partial charge in [0, 0.05) is 31.8 Å². The van der Waals surface area contributed by atoms with Crippen molar-refractivity contribution in [2.24, 2.45) is 0 Å². The maximum absolute atomic E-state index is 12.7. The molecule has 1 N–H and O–H groups in total. The van der Waals surface area contributed by atoms with Gasteiger partial charge < -0.3 is 14.1 Å². The molecule has 1 atom stereocenters. The van der Waals surface area contributed by atoms with Crippen LogP contribution in [-0.4, -0.2) is 45.5 Å². The highest BCUT2D eigenvalue weighted by Gasteiger charge is 2.28. The number of ether oxygens (including phenoxy) is 1. The van der Waals surface area contributed by atoms with E-state index in [-0.39, 0.29) is 18.4 Å². The van der Waals surface area contributed by atoms with Gasteiger partial charge in [0.2, 0.25) is 5.91 Å². The summed E-state index contributed by atoms with van der Waals surface area (Å²) in [5.41, 5.74) is -0.0153. The minimum Gasteiger partial charge on any atom is -0.497 e. The molecule has 0 radical (unpaired) electrons. The highest BCUT2D eigenvalue weighted by molar-refractivity contribution is 5.76. The molecule has 1 unspecified atom stereocenters. The van der Waals surface area contributed by atoms with Gasteiger partial charge in [-0.1, -0.05) is 12.1 Å². The summed E-state index contributed by atoms with van der Waals surface area (Å²) in [5.74, 6) is 1.99. The molecule has 1 saturated heterocycles. The molecule has 9 nitrogen and oxygen atoms in total. The van der Waals surface area contributed by atoms with Gasteiger partial charge in [-0.15, -0.1) is 0 Å². The first-order chi connectivity index (χ1) is 15.0. The Balaban J connectivity index is 1.41. The molecule has 0 bridgehead atoms. The number of nitrogens with one attached hydrogen (secondary N) is 1. The van der Waals surface area contributed by atoms with E-state index < -0.39 is 11.2 Å². The third-order valence-corrected chi connectivity index (χ3v) is 5.41. The van der Waals surface area contributed by atoms with Crippen molar-refractivity contribution in [2.45, 2.75) is 31.7 Å². The fourth-order valence-corrected chi connectivity index (χ4v) is 3.80. The molecule has 162 valence electrons. The van der Waals surface area contributed by atoms with Crippen LogP contribution >= 0.6 is 0 Å². The summed E-state index contributed by atoms with van der Waals surface area (Å²) in [6.45, 7) is 0.982. The molecule has 0 saturated carbocycles. The SMILES string of the molecule is COc1cccc(Cc2cnc(C3CCCN(C(=O)Cn4ccc(=O)[nH]c4=O)C3)o2)c1. The lowest BCUT2D eigenvalue weighted by atomic mass is 9.98. The summed E-state index contributed by atoms with van der Waals surface area (Å²) < 4.78 is 12.5. The molecule has 4 rings (SSSR count). The zero-order valence-electron chi connectivity index (χ0n) is 17.2. The molecule has 3 aromatic rings. The number of methoxy groups -OCH3 is 1. The Labute approximate surface area is 178 Å². The van der Waals surface area contributed by atoms with Crippen LogP contribution in [0.5, 0.6) is 5.75 Å². The van der Waals surface area contributed by atoms with Crippen LogP contribution in [0.4, 0.5) is 0 Å². The molecule has 1 aliphatic rings. The second kappa shape index (κ2) is 9.03. The number of carbonyl (C=O) groups is 1. The molecule has 1 aliphatic heterocycles. The fraction of sp³-hybridized carbons (Fsp3) is 0.364. The minimum absolute atomic E-state index is 0.00376. The Kier molecular flexibility index (Phi) is 6.01. The van der Waals surface area contributed by atoms with Crippen LogP contribution in [0.15, 0.2) is 56.7 Å². The summed E-state index contributed by atoms with van der Waals surface area (Å²) in [7, 11) is 1.63. The number of rotatable bonds is 6. The number of H-pyrrole nitrogens is 1. The number of aromatic nitrogens is 3. The first-order valence-corrected chi connectivity index (χ1v) is 10.2. The zero-order chi connectivity index (χ0) is 21.8. The van der Waals surface area contributed by atoms with Crippen molar-refractivity contribution >= 4 is 5.91 Å². The highest BCUT2D eigenvalue weighted by Crippen LogP contribution is 2.27. The minimum atomic E-state index is -0.593. The van der Waals surface area contributed by atoms with Crippen LogP contribution in [0.3, 0.4) is 0 Å². The Bertz CT molecular complexity index is 1180. The van der Waals surface area contributed by atoms with E-state index >= 15 is 0 Å². The van der Waals surface area contributed by atoms with Gasteiger partial charge in [0.1, 0.15) is 18.1 Å². The van der Waals surface area contributed by atoms with Crippen LogP contribution in [0, 0.1) is 0 Å². The molecule has 1 amide bonds. The smallest absolute Gasteiger partial charge is 0.328 e. The molecule has 0 aliphatic carbocycles. The maximum atomic E-state index is 12.7. The van der Waals surface area contributed by atoms with Gasteiger partial charge in [-0.05, 0) is 30.5 Å². The third kappa shape index (κ3) is 4.93. The number of nitrogens with zero attached hydrogens (tertiary/aromatic N) is 3. The molecular formula is C22H24N4O5. The Morgan fingerprint density at radius 2 is 2.19 bits per heavy atom. The number of hydrogen-bond donors (Lipinski definition) is 1. The standard InChI is InChI=1S/C22H24N4O5/c1-30-17-6-2-4-15(10-17)11-18-12-23-21(31-18)16-5-3-8-25(13-16)20(28)14-26-9-7-19(27)24-22(26)29/h2,4,6-7,9-10,12,16H,3,5,8,11,13-14H2,1H3,(H,24,27,29). The zero-order valence-corrected chi connectivity index (χ0v) is 17.2. The fourth-order valence-electron chi connectivity index (χ4n) is 3.80. The quantitative estimate of drug-likeness (QED) is 0.643. The number of carbonyl (C=O) groups excluding carboxylic acids is 1. The van der Waals surface area contributed by atoms with Crippen molar-refractivity contribution < 1.29 is 13.9 Å². The van der Waals surface area contributed by atoms with Crippen LogP contribution in [0.25, 0.3) is 0 Å². The van der Waals surface area contributed by atoms with Crippen LogP contribution in [-0.2, 0) is 17.8 Å². The van der Waals surface area contributed by atoms with E-state index in [9.17, 15) is 14.4 Å². The largest absolute Gasteiger partial charge is 0.497 e. The lowest BCUT2D eigenvalue weighted by Gasteiger charge is -2.31. The van der Waals surface area contributed by atoms with Crippen molar-refractivity contribution in [3.05, 3.63) is 80.8 Å². The predicted octanol–water partition coefficient (Wildman–Crippen LogP) is 1.53. The van der Waals surface area contributed by atoms with Gasteiger partial charge in [-0.3, -0.25) is 19.1 Å². The van der Waals surface area contributed by atoms with E-state index in [4.69, 9.17) is 9.15 Å². The van der Waals surface area contributed by atoms with Crippen LogP contribution < -0.4 is 16.0 Å². The maximum Gasteiger partial charge on any atom is 0.328 e. The van der Waals surface area contributed by atoms with Crippen molar-refractivity contribution in [2.75, 3.05) is 20.2 Å². The van der Waals surface area contributed by atoms with Crippen molar-refractivity contribution in [3.8, 4) is 5.75 Å². The normalized spacial score (nSPS) is 16.3. The van der Waals surface area contributed by atoms with Crippen LogP contribution in [0.1, 0.15) is 36.0 Å². The molecule has 31 heavy (non-hydrogen) atoms. The van der Waals surface area contributed by atoms with Crippen molar-refractivity contribution in [1.29, 1.82) is 0 Å². The Morgan fingerprint density at radius 1 is 1.32 bits per heavy atom. The Hall–Kier alpha value is -3.62. The van der Waals surface area contributed by atoms with Crippen molar-refractivity contribution in [3.63, 3.8) is 0 Å². The average Bonchev–Trinajstić information content (AvgIpc) is 3.24. The summed E-state index contributed by atoms with van der Waals surface area (Å²) >= 11 is 0. The second-order valence-corrected chi connectivity index (χ2v) is 7.61. The van der Waals surface area contributed by atoms with E-state index in [1.807, 2.05) is 24.3 Å². The highest BCUT2D eigenvalue weighted by atomic mass is 16.5. The number of oxazole rings is 1. The Morgan fingerprint density at radius 3 is 3.00 bits per heavy atom. The average molecular weight is 424 g/mol. The third-order valence-electron chi connectivity index (χ3n) is 5.41. The second-order valence-electron chi connectivity index (χ2n) is 7.61. The van der Waals surface area contributed by atoms with E-state index in [0.717, 1.165) is 29.9 Å². The van der Waals surface area contributed by atoms with E-state index in [0.29, 0.717) is 25.4 Å². The summed E-state index contributed by atoms with van der Waals surface area (Å²) in [4.78, 5) is 44.1. The molecule has 1 fully saturated rings. The molecule has 0 spiro atoms. The molecule has 3 heterocycles. The number of hydrogen-bond acceptors (Lipinski definition) is 6. The van der Waals surface area contributed by atoms with Gasteiger partial charge in [0.25, 0.3) is 5.56 Å². The van der Waals surface area contributed by atoms with Gasteiger partial charge >= 0.3 is 5.69 Å². The number of amides is 1. The molecule has 2 aromatic heterocycles. The van der Waals surface area contributed by atoms with Gasteiger partial charge in [0.05, 0.1) is 19.2 Å². The molecular weight excluding hydrogens is 400 g/mol. The first-order valence-electron chi connectivity index (χ1n) is 10.2. The number of likely N-dealkylation sites (tertiary alicyclic amines) is 1. The van der Waals surface area contributed by atoms with Crippen molar-refractivity contribution in [1.82, 2.24) is 19.4 Å². The number of aromatic amines is 1. The predicted molar refractivity (Wildman–Crippen MR) is 112 cm³/mol.